The summed E-state index contributed by atoms with van der Waals surface area (Å²) in [7, 11) is 2.28. The lowest BCUT2D eigenvalue weighted by Gasteiger charge is -2.53. The van der Waals surface area contributed by atoms with Crippen molar-refractivity contribution >= 4 is 5.69 Å². The van der Waals surface area contributed by atoms with Crippen LogP contribution in [0.2, 0.25) is 0 Å². The van der Waals surface area contributed by atoms with Gasteiger partial charge in [-0.1, -0.05) is 55.5 Å². The largest absolute Gasteiger partial charge is 0.370 e. The normalized spacial score (nSPS) is 20.6. The van der Waals surface area contributed by atoms with Crippen molar-refractivity contribution < 1.29 is 0 Å². The van der Waals surface area contributed by atoms with Crippen LogP contribution in [0.15, 0.2) is 60.7 Å². The first kappa shape index (κ1) is 22.3. The lowest BCUT2D eigenvalue weighted by molar-refractivity contribution is -0.00396. The number of para-hydroxylation sites is 1. The summed E-state index contributed by atoms with van der Waals surface area (Å²) in [6.45, 7) is 12.8. The molecule has 4 rings (SSSR count). The number of nitrogens with zero attached hydrogens (tertiary/aromatic N) is 4. The number of piperidine rings is 1. The van der Waals surface area contributed by atoms with Crippen LogP contribution in [0.4, 0.5) is 5.69 Å². The van der Waals surface area contributed by atoms with Gasteiger partial charge >= 0.3 is 0 Å². The Kier molecular flexibility index (Phi) is 7.65. The molecule has 4 heteroatoms. The second-order valence-corrected chi connectivity index (χ2v) is 9.53. The van der Waals surface area contributed by atoms with Crippen LogP contribution >= 0.6 is 0 Å². The highest BCUT2D eigenvalue weighted by Crippen LogP contribution is 2.32. The van der Waals surface area contributed by atoms with Gasteiger partial charge in [0.05, 0.1) is 0 Å². The van der Waals surface area contributed by atoms with Crippen molar-refractivity contribution in [3.05, 3.63) is 66.2 Å². The topological polar surface area (TPSA) is 13.0 Å². The van der Waals surface area contributed by atoms with E-state index in [4.69, 9.17) is 0 Å². The van der Waals surface area contributed by atoms with E-state index in [0.29, 0.717) is 0 Å². The summed E-state index contributed by atoms with van der Waals surface area (Å²) in [5, 5.41) is 0. The van der Waals surface area contributed by atoms with Crippen LogP contribution in [-0.2, 0) is 6.54 Å². The highest BCUT2D eigenvalue weighted by molar-refractivity contribution is 5.46. The fraction of sp³-hybridized carbons (Fsp3) is 0.556. The van der Waals surface area contributed by atoms with Crippen molar-refractivity contribution in [1.82, 2.24) is 14.7 Å². The number of anilines is 1. The van der Waals surface area contributed by atoms with Gasteiger partial charge in [0.2, 0.25) is 0 Å². The monoisotopic (exact) mass is 420 g/mol. The van der Waals surface area contributed by atoms with Gasteiger partial charge in [-0.25, -0.2) is 0 Å². The maximum atomic E-state index is 2.85. The SMILES string of the molecule is CCCN(CC1(N2CCN(Cc3ccccc3)CC2)CCN(C)CC1)c1ccccc1. The second-order valence-electron chi connectivity index (χ2n) is 9.53. The van der Waals surface area contributed by atoms with Crippen molar-refractivity contribution in [3.8, 4) is 0 Å². The molecule has 0 unspecified atom stereocenters. The number of hydrogen-bond donors (Lipinski definition) is 0. The van der Waals surface area contributed by atoms with Gasteiger partial charge in [0.1, 0.15) is 0 Å². The Labute approximate surface area is 189 Å². The quantitative estimate of drug-likeness (QED) is 0.635. The number of rotatable bonds is 8. The first-order valence-corrected chi connectivity index (χ1v) is 12.2. The van der Waals surface area contributed by atoms with Gasteiger partial charge in [-0.2, -0.15) is 0 Å². The van der Waals surface area contributed by atoms with Gasteiger partial charge in [0.25, 0.3) is 0 Å². The number of hydrogen-bond acceptors (Lipinski definition) is 4. The molecule has 2 aliphatic rings. The Morgan fingerprint density at radius 2 is 1.42 bits per heavy atom. The Morgan fingerprint density at radius 3 is 2.03 bits per heavy atom. The maximum absolute atomic E-state index is 2.85. The first-order chi connectivity index (χ1) is 15.2. The van der Waals surface area contributed by atoms with Gasteiger partial charge in [-0.15, -0.1) is 0 Å². The van der Waals surface area contributed by atoms with Crippen LogP contribution in [0.3, 0.4) is 0 Å². The van der Waals surface area contributed by atoms with E-state index in [0.717, 1.165) is 19.6 Å². The number of likely N-dealkylation sites (tertiary alicyclic amines) is 1. The molecule has 2 saturated heterocycles. The Hall–Kier alpha value is -1.88. The lowest BCUT2D eigenvalue weighted by Crippen LogP contribution is -2.64. The van der Waals surface area contributed by atoms with E-state index in [9.17, 15) is 0 Å². The Bertz CT molecular complexity index is 762. The third-order valence-electron chi connectivity index (χ3n) is 7.31. The Balaban J connectivity index is 1.46. The molecule has 2 heterocycles. The minimum atomic E-state index is 0.288. The molecule has 168 valence electrons. The standard InChI is InChI=1S/C27H40N4/c1-3-16-30(26-12-8-5-9-13-26)24-27(14-17-28(2)18-15-27)31-21-19-29(20-22-31)23-25-10-6-4-7-11-25/h4-13H,3,14-24H2,1-2H3. The smallest absolute Gasteiger partial charge is 0.0409 e. The third kappa shape index (κ3) is 5.68. The molecule has 0 N–H and O–H groups in total. The molecule has 0 aliphatic carbocycles. The Morgan fingerprint density at radius 1 is 0.806 bits per heavy atom. The average Bonchev–Trinajstić information content (AvgIpc) is 2.82. The molecule has 0 radical (unpaired) electrons. The molecule has 31 heavy (non-hydrogen) atoms. The van der Waals surface area contributed by atoms with Crippen molar-refractivity contribution in [2.45, 2.75) is 38.3 Å². The summed E-state index contributed by atoms with van der Waals surface area (Å²) in [4.78, 5) is 10.7. The van der Waals surface area contributed by atoms with Gasteiger partial charge in [-0.3, -0.25) is 9.80 Å². The fourth-order valence-corrected chi connectivity index (χ4v) is 5.39. The molecular formula is C27H40N4. The molecule has 2 aromatic rings. The van der Waals surface area contributed by atoms with Gasteiger partial charge < -0.3 is 9.80 Å². The lowest BCUT2D eigenvalue weighted by atomic mass is 9.84. The maximum Gasteiger partial charge on any atom is 0.0409 e. The molecule has 0 amide bonds. The predicted octanol–water partition coefficient (Wildman–Crippen LogP) is 4.19. The van der Waals surface area contributed by atoms with Crippen molar-refractivity contribution in [1.29, 1.82) is 0 Å². The summed E-state index contributed by atoms with van der Waals surface area (Å²) in [5.41, 5.74) is 3.10. The third-order valence-corrected chi connectivity index (χ3v) is 7.31. The van der Waals surface area contributed by atoms with Crippen LogP contribution in [-0.4, -0.2) is 79.6 Å². The van der Waals surface area contributed by atoms with Gasteiger partial charge in [-0.05, 0) is 57.1 Å². The predicted molar refractivity (Wildman–Crippen MR) is 132 cm³/mol. The molecule has 0 aromatic heterocycles. The van der Waals surface area contributed by atoms with E-state index in [1.807, 2.05) is 0 Å². The molecular weight excluding hydrogens is 380 g/mol. The minimum Gasteiger partial charge on any atom is -0.370 e. The van der Waals surface area contributed by atoms with Crippen molar-refractivity contribution in [2.75, 3.05) is 64.3 Å². The molecule has 2 fully saturated rings. The second kappa shape index (κ2) is 10.6. The van der Waals surface area contributed by atoms with Crippen LogP contribution < -0.4 is 4.90 Å². The van der Waals surface area contributed by atoms with E-state index in [1.165, 1.54) is 69.8 Å². The van der Waals surface area contributed by atoms with E-state index >= 15 is 0 Å². The minimum absolute atomic E-state index is 0.288. The summed E-state index contributed by atoms with van der Waals surface area (Å²) in [5.74, 6) is 0. The van der Waals surface area contributed by atoms with Gasteiger partial charge in [0.15, 0.2) is 0 Å². The van der Waals surface area contributed by atoms with Crippen LogP contribution in [0.1, 0.15) is 31.7 Å². The molecule has 0 bridgehead atoms. The summed E-state index contributed by atoms with van der Waals surface area (Å²) < 4.78 is 0. The van der Waals surface area contributed by atoms with Crippen LogP contribution in [0.5, 0.6) is 0 Å². The summed E-state index contributed by atoms with van der Waals surface area (Å²) in [6, 6.07) is 22.0. The zero-order valence-corrected chi connectivity index (χ0v) is 19.5. The highest BCUT2D eigenvalue weighted by Gasteiger charge is 2.41. The van der Waals surface area contributed by atoms with Crippen molar-refractivity contribution in [2.24, 2.45) is 0 Å². The van der Waals surface area contributed by atoms with E-state index in [-0.39, 0.29) is 5.54 Å². The van der Waals surface area contributed by atoms with Crippen LogP contribution in [0, 0.1) is 0 Å². The fourth-order valence-electron chi connectivity index (χ4n) is 5.39. The van der Waals surface area contributed by atoms with Crippen LogP contribution in [0.25, 0.3) is 0 Å². The average molecular weight is 421 g/mol. The number of benzene rings is 2. The van der Waals surface area contributed by atoms with E-state index in [1.54, 1.807) is 0 Å². The molecule has 4 nitrogen and oxygen atoms in total. The van der Waals surface area contributed by atoms with E-state index < -0.39 is 0 Å². The zero-order chi connectivity index (χ0) is 21.5. The molecule has 0 atom stereocenters. The zero-order valence-electron chi connectivity index (χ0n) is 19.5. The van der Waals surface area contributed by atoms with Gasteiger partial charge in [0, 0.05) is 57.0 Å². The molecule has 2 aliphatic heterocycles. The molecule has 0 saturated carbocycles. The molecule has 2 aromatic carbocycles. The summed E-state index contributed by atoms with van der Waals surface area (Å²) >= 11 is 0. The molecule has 0 spiro atoms. The highest BCUT2D eigenvalue weighted by atomic mass is 15.3. The summed E-state index contributed by atoms with van der Waals surface area (Å²) in [6.07, 6.45) is 3.74. The van der Waals surface area contributed by atoms with Crippen molar-refractivity contribution in [3.63, 3.8) is 0 Å². The number of piperazine rings is 1. The van der Waals surface area contributed by atoms with E-state index in [2.05, 4.69) is 94.2 Å². The first-order valence-electron chi connectivity index (χ1n) is 12.2.